The smallest absolute Gasteiger partial charge is 0.416 e. The van der Waals surface area contributed by atoms with Crippen molar-refractivity contribution in [1.29, 1.82) is 0 Å². The molecule has 2 N–H and O–H groups in total. The van der Waals surface area contributed by atoms with Crippen molar-refractivity contribution in [2.45, 2.75) is 32.0 Å². The Morgan fingerprint density at radius 2 is 1.89 bits per heavy atom. The molecule has 0 aliphatic rings. The van der Waals surface area contributed by atoms with Crippen molar-refractivity contribution in [3.8, 4) is 0 Å². The lowest BCUT2D eigenvalue weighted by Crippen LogP contribution is -2.22. The van der Waals surface area contributed by atoms with Gasteiger partial charge in [-0.15, -0.1) is 0 Å². The van der Waals surface area contributed by atoms with Crippen LogP contribution in [0.25, 0.3) is 0 Å². The van der Waals surface area contributed by atoms with E-state index in [9.17, 15) is 18.0 Å². The average molecular weight is 261 g/mol. The van der Waals surface area contributed by atoms with E-state index in [-0.39, 0.29) is 12.5 Å². The predicted octanol–water partition coefficient (Wildman–Crippen LogP) is 3.37. The molecule has 0 heterocycles. The number of nitrogens with one attached hydrogen (secondary N) is 1. The number of alkyl halides is 3. The van der Waals surface area contributed by atoms with Crippen LogP contribution in [0.2, 0.25) is 0 Å². The van der Waals surface area contributed by atoms with Gasteiger partial charge in [-0.25, -0.2) is 0 Å². The number of carbonyl (C=O) groups is 1. The van der Waals surface area contributed by atoms with E-state index in [4.69, 9.17) is 5.11 Å². The van der Waals surface area contributed by atoms with Gasteiger partial charge < -0.3 is 10.4 Å². The summed E-state index contributed by atoms with van der Waals surface area (Å²) in [6.07, 6.45) is -3.85. The zero-order valence-corrected chi connectivity index (χ0v) is 9.79. The maximum atomic E-state index is 12.3. The minimum atomic E-state index is -4.36. The highest BCUT2D eigenvalue weighted by molar-refractivity contribution is 5.68. The third-order valence-electron chi connectivity index (χ3n) is 2.50. The zero-order valence-electron chi connectivity index (χ0n) is 9.79. The Balaban J connectivity index is 2.71. The number of anilines is 1. The Morgan fingerprint density at radius 3 is 2.28 bits per heavy atom. The molecule has 0 saturated heterocycles. The molecule has 1 aromatic rings. The summed E-state index contributed by atoms with van der Waals surface area (Å²) in [5, 5.41) is 11.5. The SMILES string of the molecule is CCC(CC(=O)O)Nc1ccc(C(F)(F)F)cc1. The molecule has 1 atom stereocenters. The van der Waals surface area contributed by atoms with Crippen LogP contribution < -0.4 is 5.32 Å². The standard InChI is InChI=1S/C12H14F3NO2/c1-2-9(7-11(17)18)16-10-5-3-8(4-6-10)12(13,14)15/h3-6,9,16H,2,7H2,1H3,(H,17,18). The van der Waals surface area contributed by atoms with Crippen LogP contribution >= 0.6 is 0 Å². The van der Waals surface area contributed by atoms with E-state index < -0.39 is 17.7 Å². The van der Waals surface area contributed by atoms with Gasteiger partial charge in [0.05, 0.1) is 12.0 Å². The first-order valence-electron chi connectivity index (χ1n) is 5.48. The fourth-order valence-electron chi connectivity index (χ4n) is 1.50. The first-order valence-corrected chi connectivity index (χ1v) is 5.48. The fraction of sp³-hybridized carbons (Fsp3) is 0.417. The third kappa shape index (κ3) is 4.27. The molecule has 0 aliphatic heterocycles. The molecule has 0 bridgehead atoms. The normalized spacial score (nSPS) is 13.1. The van der Waals surface area contributed by atoms with E-state index in [1.807, 2.05) is 6.92 Å². The third-order valence-corrected chi connectivity index (χ3v) is 2.50. The lowest BCUT2D eigenvalue weighted by atomic mass is 10.1. The molecule has 18 heavy (non-hydrogen) atoms. The van der Waals surface area contributed by atoms with Crippen molar-refractivity contribution >= 4 is 11.7 Å². The molecule has 0 aromatic heterocycles. The van der Waals surface area contributed by atoms with E-state index in [2.05, 4.69) is 5.32 Å². The number of rotatable bonds is 5. The number of carboxylic acids is 1. The van der Waals surface area contributed by atoms with Gasteiger partial charge in [-0.1, -0.05) is 6.92 Å². The summed E-state index contributed by atoms with van der Waals surface area (Å²) >= 11 is 0. The van der Waals surface area contributed by atoms with Gasteiger partial charge in [0.25, 0.3) is 0 Å². The molecule has 100 valence electrons. The molecule has 1 unspecified atom stereocenters. The Morgan fingerprint density at radius 1 is 1.33 bits per heavy atom. The van der Waals surface area contributed by atoms with Crippen molar-refractivity contribution in [3.05, 3.63) is 29.8 Å². The van der Waals surface area contributed by atoms with Crippen molar-refractivity contribution in [2.75, 3.05) is 5.32 Å². The lowest BCUT2D eigenvalue weighted by molar-refractivity contribution is -0.138. The second-order valence-electron chi connectivity index (χ2n) is 3.92. The largest absolute Gasteiger partial charge is 0.481 e. The van der Waals surface area contributed by atoms with Crippen molar-refractivity contribution < 1.29 is 23.1 Å². The molecule has 0 radical (unpaired) electrons. The van der Waals surface area contributed by atoms with E-state index in [1.54, 1.807) is 0 Å². The molecule has 0 aliphatic carbocycles. The van der Waals surface area contributed by atoms with Gasteiger partial charge in [-0.2, -0.15) is 13.2 Å². The molecule has 6 heteroatoms. The molecule has 0 spiro atoms. The van der Waals surface area contributed by atoms with Crippen molar-refractivity contribution in [1.82, 2.24) is 0 Å². The van der Waals surface area contributed by atoms with Crippen LogP contribution in [-0.4, -0.2) is 17.1 Å². The number of hydrogen-bond donors (Lipinski definition) is 2. The molecule has 0 saturated carbocycles. The van der Waals surface area contributed by atoms with Gasteiger partial charge in [-0.3, -0.25) is 4.79 Å². The topological polar surface area (TPSA) is 49.3 Å². The van der Waals surface area contributed by atoms with E-state index in [1.165, 1.54) is 12.1 Å². The summed E-state index contributed by atoms with van der Waals surface area (Å²) in [7, 11) is 0. The Hall–Kier alpha value is -1.72. The van der Waals surface area contributed by atoms with E-state index >= 15 is 0 Å². The minimum Gasteiger partial charge on any atom is -0.481 e. The van der Waals surface area contributed by atoms with Crippen LogP contribution in [0.4, 0.5) is 18.9 Å². The highest BCUT2D eigenvalue weighted by Gasteiger charge is 2.29. The van der Waals surface area contributed by atoms with E-state index in [0.29, 0.717) is 12.1 Å². The van der Waals surface area contributed by atoms with Gasteiger partial charge in [0.1, 0.15) is 0 Å². The number of halogens is 3. The molecular formula is C12H14F3NO2. The second-order valence-corrected chi connectivity index (χ2v) is 3.92. The number of aliphatic carboxylic acids is 1. The van der Waals surface area contributed by atoms with Crippen LogP contribution in [0.5, 0.6) is 0 Å². The van der Waals surface area contributed by atoms with Gasteiger partial charge in [0.15, 0.2) is 0 Å². The number of hydrogen-bond acceptors (Lipinski definition) is 2. The molecule has 1 aromatic carbocycles. The molecule has 0 fully saturated rings. The Kier molecular flexibility index (Phi) is 4.58. The number of benzene rings is 1. The van der Waals surface area contributed by atoms with Crippen LogP contribution in [0.1, 0.15) is 25.3 Å². The number of carboxylic acid groups (broad SMARTS) is 1. The van der Waals surface area contributed by atoms with Crippen LogP contribution in [0.15, 0.2) is 24.3 Å². The highest BCUT2D eigenvalue weighted by Crippen LogP contribution is 2.30. The quantitative estimate of drug-likeness (QED) is 0.854. The first kappa shape index (κ1) is 14.3. The lowest BCUT2D eigenvalue weighted by Gasteiger charge is -2.16. The summed E-state index contributed by atoms with van der Waals surface area (Å²) in [5.41, 5.74) is -0.240. The van der Waals surface area contributed by atoms with Crippen molar-refractivity contribution in [3.63, 3.8) is 0 Å². The van der Waals surface area contributed by atoms with Gasteiger partial charge in [0.2, 0.25) is 0 Å². The summed E-state index contributed by atoms with van der Waals surface area (Å²) < 4.78 is 37.0. The van der Waals surface area contributed by atoms with Gasteiger partial charge >= 0.3 is 12.1 Å². The summed E-state index contributed by atoms with van der Waals surface area (Å²) in [5.74, 6) is -0.943. The van der Waals surface area contributed by atoms with Crippen LogP contribution in [0.3, 0.4) is 0 Å². The fourth-order valence-corrected chi connectivity index (χ4v) is 1.50. The summed E-state index contributed by atoms with van der Waals surface area (Å²) in [6, 6.07) is 4.24. The van der Waals surface area contributed by atoms with Crippen LogP contribution in [0, 0.1) is 0 Å². The highest BCUT2D eigenvalue weighted by atomic mass is 19.4. The summed E-state index contributed by atoms with van der Waals surface area (Å²) in [4.78, 5) is 10.6. The molecule has 0 amide bonds. The Labute approximate surface area is 103 Å². The average Bonchev–Trinajstić information content (AvgIpc) is 2.27. The summed E-state index contributed by atoms with van der Waals surface area (Å²) in [6.45, 7) is 1.81. The molecular weight excluding hydrogens is 247 g/mol. The maximum Gasteiger partial charge on any atom is 0.416 e. The zero-order chi connectivity index (χ0) is 13.8. The minimum absolute atomic E-state index is 0.0719. The Bertz CT molecular complexity index is 401. The second kappa shape index (κ2) is 5.75. The van der Waals surface area contributed by atoms with Crippen LogP contribution in [-0.2, 0) is 11.0 Å². The predicted molar refractivity (Wildman–Crippen MR) is 61.4 cm³/mol. The van der Waals surface area contributed by atoms with E-state index in [0.717, 1.165) is 12.1 Å². The molecule has 3 nitrogen and oxygen atoms in total. The van der Waals surface area contributed by atoms with Gasteiger partial charge in [0, 0.05) is 11.7 Å². The first-order chi connectivity index (χ1) is 8.32. The molecule has 1 rings (SSSR count). The monoisotopic (exact) mass is 261 g/mol. The van der Waals surface area contributed by atoms with Crippen molar-refractivity contribution in [2.24, 2.45) is 0 Å². The maximum absolute atomic E-state index is 12.3. The van der Waals surface area contributed by atoms with Gasteiger partial charge in [-0.05, 0) is 30.7 Å².